The van der Waals surface area contributed by atoms with Gasteiger partial charge in [-0.15, -0.1) is 0 Å². The third-order valence-corrected chi connectivity index (χ3v) is 7.57. The van der Waals surface area contributed by atoms with Crippen LogP contribution in [0.3, 0.4) is 0 Å². The van der Waals surface area contributed by atoms with Gasteiger partial charge in [0, 0.05) is 39.5 Å². The maximum Gasteiger partial charge on any atom is 0.267 e. The highest BCUT2D eigenvalue weighted by Crippen LogP contribution is 2.33. The Balaban J connectivity index is 1.50. The minimum atomic E-state index is -0.269. The van der Waals surface area contributed by atoms with Gasteiger partial charge in [0.1, 0.15) is 21.6 Å². The number of nitrogens with zero attached hydrogens (tertiary/aromatic N) is 5. The molecule has 2 aliphatic heterocycles. The van der Waals surface area contributed by atoms with Crippen LogP contribution in [0.5, 0.6) is 0 Å². The van der Waals surface area contributed by atoms with E-state index < -0.39 is 0 Å². The minimum Gasteiger partial charge on any atom is -0.383 e. The molecule has 2 aliphatic rings. The van der Waals surface area contributed by atoms with Crippen LogP contribution < -0.4 is 15.4 Å². The van der Waals surface area contributed by atoms with Crippen molar-refractivity contribution in [2.45, 2.75) is 0 Å². The number of rotatable bonds is 6. The van der Waals surface area contributed by atoms with E-state index in [9.17, 15) is 14.0 Å². The van der Waals surface area contributed by atoms with Crippen molar-refractivity contribution in [3.63, 3.8) is 0 Å². The van der Waals surface area contributed by atoms with Gasteiger partial charge in [-0.1, -0.05) is 42.2 Å². The number of hydrogen-bond acceptors (Lipinski definition) is 8. The standard InChI is InChI=1S/C25H24FN5O3S2/c1-34-15-14-31-24(33)20(36-25(31)35)16-17-22(27-21-8-4-5-9-30(21)23(17)32)29-12-10-28(11-13-29)19-7-3-2-6-18(19)26/h2-9,16H,10-15H2,1H3/b20-16-. The zero-order chi connectivity index (χ0) is 25.2. The van der Waals surface area contributed by atoms with Crippen molar-refractivity contribution in [1.29, 1.82) is 0 Å². The summed E-state index contributed by atoms with van der Waals surface area (Å²) in [5, 5.41) is 0. The van der Waals surface area contributed by atoms with Gasteiger partial charge in [0.15, 0.2) is 0 Å². The van der Waals surface area contributed by atoms with Gasteiger partial charge in [-0.3, -0.25) is 18.9 Å². The molecule has 3 aromatic rings. The summed E-state index contributed by atoms with van der Waals surface area (Å²) in [4.78, 5) is 37.2. The second-order valence-corrected chi connectivity index (χ2v) is 10.0. The molecule has 2 fully saturated rings. The monoisotopic (exact) mass is 525 g/mol. The zero-order valence-electron chi connectivity index (χ0n) is 19.6. The molecule has 36 heavy (non-hydrogen) atoms. The Morgan fingerprint density at radius 1 is 1.08 bits per heavy atom. The first-order valence-corrected chi connectivity index (χ1v) is 12.7. The van der Waals surface area contributed by atoms with E-state index in [1.807, 2.05) is 21.9 Å². The smallest absolute Gasteiger partial charge is 0.267 e. The maximum atomic E-state index is 14.3. The summed E-state index contributed by atoms with van der Waals surface area (Å²) < 4.78 is 21.3. The average Bonchev–Trinajstić information content (AvgIpc) is 3.16. The van der Waals surface area contributed by atoms with E-state index in [-0.39, 0.29) is 17.3 Å². The van der Waals surface area contributed by atoms with Crippen molar-refractivity contribution in [2.24, 2.45) is 0 Å². The molecular formula is C25H24FN5O3S2. The van der Waals surface area contributed by atoms with Gasteiger partial charge in [0.05, 0.1) is 29.3 Å². The van der Waals surface area contributed by atoms with Crippen molar-refractivity contribution in [3.05, 3.63) is 75.3 Å². The molecule has 186 valence electrons. The first kappa shape index (κ1) is 24.4. The SMILES string of the molecule is COCCN1C(=O)/C(=C/c2c(N3CCN(c4ccccc4F)CC3)nc3ccccn3c2=O)SC1=S. The van der Waals surface area contributed by atoms with Crippen molar-refractivity contribution in [1.82, 2.24) is 14.3 Å². The lowest BCUT2D eigenvalue weighted by atomic mass is 10.2. The molecule has 0 bridgehead atoms. The van der Waals surface area contributed by atoms with E-state index in [4.69, 9.17) is 21.9 Å². The number of piperazine rings is 1. The number of thioether (sulfide) groups is 1. The highest BCUT2D eigenvalue weighted by Gasteiger charge is 2.33. The van der Waals surface area contributed by atoms with Crippen LogP contribution in [-0.4, -0.2) is 71.0 Å². The van der Waals surface area contributed by atoms with Crippen LogP contribution in [0.2, 0.25) is 0 Å². The minimum absolute atomic E-state index is 0.255. The summed E-state index contributed by atoms with van der Waals surface area (Å²) in [6, 6.07) is 12.1. The second kappa shape index (κ2) is 10.4. The molecule has 0 saturated carbocycles. The fourth-order valence-electron chi connectivity index (χ4n) is 4.33. The van der Waals surface area contributed by atoms with Gasteiger partial charge in [0.2, 0.25) is 0 Å². The zero-order valence-corrected chi connectivity index (χ0v) is 21.2. The highest BCUT2D eigenvalue weighted by molar-refractivity contribution is 8.26. The Bertz CT molecular complexity index is 1420. The Hall–Kier alpha value is -3.28. The number of benzene rings is 1. The van der Waals surface area contributed by atoms with Gasteiger partial charge in [-0.2, -0.15) is 0 Å². The molecule has 1 aromatic carbocycles. The highest BCUT2D eigenvalue weighted by atomic mass is 32.2. The van der Waals surface area contributed by atoms with Crippen molar-refractivity contribution >= 4 is 57.4 Å². The number of halogens is 1. The summed E-state index contributed by atoms with van der Waals surface area (Å²) in [5.41, 5.74) is 1.13. The van der Waals surface area contributed by atoms with E-state index in [2.05, 4.69) is 0 Å². The molecule has 5 rings (SSSR count). The summed E-state index contributed by atoms with van der Waals surface area (Å²) >= 11 is 6.55. The molecule has 0 aliphatic carbocycles. The van der Waals surface area contributed by atoms with Crippen LogP contribution in [-0.2, 0) is 9.53 Å². The molecule has 0 spiro atoms. The molecule has 0 atom stereocenters. The quantitative estimate of drug-likeness (QED) is 0.360. The van der Waals surface area contributed by atoms with E-state index in [0.29, 0.717) is 71.3 Å². The first-order valence-electron chi connectivity index (χ1n) is 11.5. The summed E-state index contributed by atoms with van der Waals surface area (Å²) in [6.07, 6.45) is 3.26. The van der Waals surface area contributed by atoms with Gasteiger partial charge in [0.25, 0.3) is 11.5 Å². The molecule has 8 nitrogen and oxygen atoms in total. The van der Waals surface area contributed by atoms with E-state index >= 15 is 0 Å². The van der Waals surface area contributed by atoms with Crippen molar-refractivity contribution in [3.8, 4) is 0 Å². The summed E-state index contributed by atoms with van der Waals surface area (Å²) in [6.45, 7) is 2.92. The van der Waals surface area contributed by atoms with Gasteiger partial charge >= 0.3 is 0 Å². The third kappa shape index (κ3) is 4.61. The number of pyridine rings is 1. The summed E-state index contributed by atoms with van der Waals surface area (Å²) in [5.74, 6) is -0.0133. The number of thiocarbonyl (C=S) groups is 1. The normalized spacial score (nSPS) is 17.6. The molecule has 2 aromatic heterocycles. The van der Waals surface area contributed by atoms with Crippen LogP contribution in [0.4, 0.5) is 15.9 Å². The second-order valence-electron chi connectivity index (χ2n) is 8.33. The summed E-state index contributed by atoms with van der Waals surface area (Å²) in [7, 11) is 1.56. The predicted molar refractivity (Wildman–Crippen MR) is 144 cm³/mol. The Morgan fingerprint density at radius 3 is 2.56 bits per heavy atom. The topological polar surface area (TPSA) is 70.4 Å². The number of carbonyl (C=O) groups excluding carboxylic acids is 1. The molecule has 0 unspecified atom stereocenters. The van der Waals surface area contributed by atoms with Crippen molar-refractivity contribution in [2.75, 3.05) is 56.2 Å². The number of carbonyl (C=O) groups is 1. The van der Waals surface area contributed by atoms with Gasteiger partial charge in [-0.25, -0.2) is 9.37 Å². The van der Waals surface area contributed by atoms with Crippen LogP contribution in [0.25, 0.3) is 11.7 Å². The number of anilines is 2. The molecule has 11 heteroatoms. The van der Waals surface area contributed by atoms with Crippen LogP contribution in [0, 0.1) is 5.82 Å². The molecule has 1 amide bonds. The average molecular weight is 526 g/mol. The van der Waals surface area contributed by atoms with Crippen molar-refractivity contribution < 1.29 is 13.9 Å². The number of ether oxygens (including phenoxy) is 1. The first-order chi connectivity index (χ1) is 17.5. The number of fused-ring (bicyclic) bond motifs is 1. The molecule has 0 N–H and O–H groups in total. The largest absolute Gasteiger partial charge is 0.383 e. The number of amides is 1. The number of hydrogen-bond donors (Lipinski definition) is 0. The molecule has 2 saturated heterocycles. The number of methoxy groups -OCH3 is 1. The van der Waals surface area contributed by atoms with Gasteiger partial charge < -0.3 is 14.5 Å². The Labute approximate surface area is 217 Å². The van der Waals surface area contributed by atoms with Crippen LogP contribution in [0.1, 0.15) is 5.56 Å². The number of para-hydroxylation sites is 1. The lowest BCUT2D eigenvalue weighted by Crippen LogP contribution is -2.47. The maximum absolute atomic E-state index is 14.3. The third-order valence-electron chi connectivity index (χ3n) is 6.19. The lowest BCUT2D eigenvalue weighted by molar-refractivity contribution is -0.122. The molecule has 4 heterocycles. The van der Waals surface area contributed by atoms with E-state index in [0.717, 1.165) is 11.8 Å². The predicted octanol–water partition coefficient (Wildman–Crippen LogP) is 3.01. The fraction of sp³-hybridized carbons (Fsp3) is 0.280. The molecular weight excluding hydrogens is 501 g/mol. The lowest BCUT2D eigenvalue weighted by Gasteiger charge is -2.37. The van der Waals surface area contributed by atoms with Gasteiger partial charge in [-0.05, 0) is 30.3 Å². The Kier molecular flexibility index (Phi) is 7.04. The fourth-order valence-corrected chi connectivity index (χ4v) is 5.62. The van der Waals surface area contributed by atoms with Crippen LogP contribution >= 0.6 is 24.0 Å². The van der Waals surface area contributed by atoms with E-state index in [1.54, 1.807) is 43.6 Å². The van der Waals surface area contributed by atoms with E-state index in [1.165, 1.54) is 15.4 Å². The molecule has 0 radical (unpaired) electrons. The van der Waals surface area contributed by atoms with Crippen LogP contribution in [0.15, 0.2) is 58.4 Å². The number of aromatic nitrogens is 2. The Morgan fingerprint density at radius 2 is 1.81 bits per heavy atom.